The lowest BCUT2D eigenvalue weighted by Crippen LogP contribution is -2.32. The van der Waals surface area contributed by atoms with Gasteiger partial charge >= 0.3 is 0 Å². The molecule has 1 aromatic carbocycles. The molecule has 0 amide bonds. The van der Waals surface area contributed by atoms with Crippen LogP contribution >= 0.6 is 15.9 Å². The molecule has 17 heavy (non-hydrogen) atoms. The number of halogens is 1. The molecule has 94 valence electrons. The highest BCUT2D eigenvalue weighted by Crippen LogP contribution is 2.10. The summed E-state index contributed by atoms with van der Waals surface area (Å²) in [5.41, 5.74) is 6.71. The molecular weight excluding hydrogens is 282 g/mol. The van der Waals surface area contributed by atoms with Crippen molar-refractivity contribution >= 4 is 21.8 Å². The molecule has 0 spiro atoms. The summed E-state index contributed by atoms with van der Waals surface area (Å²) in [6.45, 7) is 2.86. The third-order valence-electron chi connectivity index (χ3n) is 2.58. The first kappa shape index (κ1) is 14.0. The summed E-state index contributed by atoms with van der Waals surface area (Å²) in [7, 11) is 0. The van der Waals surface area contributed by atoms with Gasteiger partial charge in [-0.05, 0) is 24.1 Å². The van der Waals surface area contributed by atoms with E-state index in [0.29, 0.717) is 6.42 Å². The van der Waals surface area contributed by atoms with Gasteiger partial charge in [-0.2, -0.15) is 0 Å². The summed E-state index contributed by atoms with van der Waals surface area (Å²) in [4.78, 5) is 0. The van der Waals surface area contributed by atoms with Crippen LogP contribution in [0, 0.1) is 0 Å². The number of nitrogens with one attached hydrogen (secondary N) is 1. The third kappa shape index (κ3) is 5.19. The molecule has 1 atom stereocenters. The van der Waals surface area contributed by atoms with E-state index in [1.165, 1.54) is 5.56 Å². The Kier molecular flexibility index (Phi) is 6.00. The van der Waals surface area contributed by atoms with Gasteiger partial charge in [-0.15, -0.1) is 0 Å². The molecule has 0 heterocycles. The van der Waals surface area contributed by atoms with Crippen LogP contribution in [0.2, 0.25) is 0 Å². The molecule has 0 aliphatic carbocycles. The predicted molar refractivity (Wildman–Crippen MR) is 73.1 cm³/mol. The second kappa shape index (κ2) is 7.29. The van der Waals surface area contributed by atoms with E-state index in [-0.39, 0.29) is 11.9 Å². The molecule has 4 nitrogen and oxygen atoms in total. The van der Waals surface area contributed by atoms with E-state index < -0.39 is 0 Å². The molecule has 4 N–H and O–H groups in total. The number of nitrogens with two attached hydrogens (primary N) is 1. The van der Waals surface area contributed by atoms with Crippen molar-refractivity contribution in [2.45, 2.75) is 32.4 Å². The van der Waals surface area contributed by atoms with Gasteiger partial charge in [-0.1, -0.05) is 40.1 Å². The monoisotopic (exact) mass is 299 g/mol. The number of hydrogen-bond acceptors (Lipinski definition) is 3. The van der Waals surface area contributed by atoms with E-state index in [0.717, 1.165) is 17.4 Å². The van der Waals surface area contributed by atoms with Crippen LogP contribution in [0.1, 0.15) is 25.3 Å². The molecule has 0 fully saturated rings. The molecule has 1 unspecified atom stereocenters. The summed E-state index contributed by atoms with van der Waals surface area (Å²) in [6.07, 6.45) is 1.50. The number of hydrogen-bond donors (Lipinski definition) is 3. The smallest absolute Gasteiger partial charge is 0.140 e. The lowest BCUT2D eigenvalue weighted by molar-refractivity contribution is 0.315. The van der Waals surface area contributed by atoms with Gasteiger partial charge in [0.2, 0.25) is 0 Å². The molecule has 1 aromatic rings. The maximum atomic E-state index is 8.52. The number of oxime groups is 1. The largest absolute Gasteiger partial charge is 0.409 e. The van der Waals surface area contributed by atoms with Gasteiger partial charge in [0.05, 0.1) is 0 Å². The Morgan fingerprint density at radius 2 is 2.12 bits per heavy atom. The van der Waals surface area contributed by atoms with Crippen molar-refractivity contribution in [2.24, 2.45) is 10.9 Å². The molecule has 0 aromatic heterocycles. The lowest BCUT2D eigenvalue weighted by Gasteiger charge is -2.16. The van der Waals surface area contributed by atoms with Crippen molar-refractivity contribution in [3.8, 4) is 0 Å². The van der Waals surface area contributed by atoms with Crippen LogP contribution in [0.4, 0.5) is 0 Å². The minimum absolute atomic E-state index is 0.231. The summed E-state index contributed by atoms with van der Waals surface area (Å²) < 4.78 is 1.07. The van der Waals surface area contributed by atoms with Gasteiger partial charge in [-0.25, -0.2) is 0 Å². The molecule has 0 radical (unpaired) electrons. The normalized spacial score (nSPS) is 13.6. The first-order valence-corrected chi connectivity index (χ1v) is 6.39. The lowest BCUT2D eigenvalue weighted by atomic mass is 10.1. The fourth-order valence-corrected chi connectivity index (χ4v) is 1.78. The van der Waals surface area contributed by atoms with E-state index in [1.54, 1.807) is 0 Å². The summed E-state index contributed by atoms with van der Waals surface area (Å²) in [5.74, 6) is 0.264. The van der Waals surface area contributed by atoms with Gasteiger partial charge in [-0.3, -0.25) is 0 Å². The average molecular weight is 300 g/mol. The highest BCUT2D eigenvalue weighted by molar-refractivity contribution is 9.10. The maximum absolute atomic E-state index is 8.52. The molecule has 5 heteroatoms. The van der Waals surface area contributed by atoms with Gasteiger partial charge in [0, 0.05) is 23.5 Å². The zero-order chi connectivity index (χ0) is 12.7. The SMILES string of the molecule is CCC(CC(N)=NO)NCc1ccc(Br)cc1. The summed E-state index contributed by atoms with van der Waals surface area (Å²) >= 11 is 3.40. The Bertz CT molecular complexity index is 365. The zero-order valence-electron chi connectivity index (χ0n) is 9.86. The van der Waals surface area contributed by atoms with Crippen molar-refractivity contribution in [3.63, 3.8) is 0 Å². The first-order chi connectivity index (χ1) is 8.15. The van der Waals surface area contributed by atoms with Gasteiger partial charge < -0.3 is 16.3 Å². The quantitative estimate of drug-likeness (QED) is 0.327. The average Bonchev–Trinajstić information content (AvgIpc) is 2.36. The maximum Gasteiger partial charge on any atom is 0.140 e. The van der Waals surface area contributed by atoms with E-state index in [1.807, 2.05) is 12.1 Å². The van der Waals surface area contributed by atoms with Crippen LogP contribution in [-0.2, 0) is 6.54 Å². The number of rotatable bonds is 6. The number of nitrogens with zero attached hydrogens (tertiary/aromatic N) is 1. The minimum atomic E-state index is 0.231. The molecule has 0 saturated carbocycles. The zero-order valence-corrected chi connectivity index (χ0v) is 11.4. The highest BCUT2D eigenvalue weighted by Gasteiger charge is 2.08. The molecule has 0 bridgehead atoms. The Morgan fingerprint density at radius 3 is 2.65 bits per heavy atom. The van der Waals surface area contributed by atoms with Crippen molar-refractivity contribution < 1.29 is 5.21 Å². The van der Waals surface area contributed by atoms with E-state index in [9.17, 15) is 0 Å². The fourth-order valence-electron chi connectivity index (χ4n) is 1.52. The van der Waals surface area contributed by atoms with Gasteiger partial charge in [0.1, 0.15) is 5.84 Å². The van der Waals surface area contributed by atoms with Crippen molar-refractivity contribution in [3.05, 3.63) is 34.3 Å². The topological polar surface area (TPSA) is 70.6 Å². The van der Waals surface area contributed by atoms with Crippen LogP contribution in [0.25, 0.3) is 0 Å². The molecule has 0 aliphatic heterocycles. The molecule has 0 saturated heterocycles. The van der Waals surface area contributed by atoms with Crippen LogP contribution in [0.5, 0.6) is 0 Å². The number of benzene rings is 1. The molecular formula is C12H18BrN3O. The molecule has 1 rings (SSSR count). The van der Waals surface area contributed by atoms with E-state index in [4.69, 9.17) is 10.9 Å². The molecule has 0 aliphatic rings. The van der Waals surface area contributed by atoms with Crippen LogP contribution in [0.3, 0.4) is 0 Å². The van der Waals surface area contributed by atoms with Gasteiger partial charge in [0.15, 0.2) is 0 Å². The first-order valence-electron chi connectivity index (χ1n) is 5.60. The Labute approximate surface area is 110 Å². The third-order valence-corrected chi connectivity index (χ3v) is 3.11. The fraction of sp³-hybridized carbons (Fsp3) is 0.417. The Morgan fingerprint density at radius 1 is 1.47 bits per heavy atom. The van der Waals surface area contributed by atoms with E-state index in [2.05, 4.69) is 45.5 Å². The summed E-state index contributed by atoms with van der Waals surface area (Å²) in [6, 6.07) is 8.39. The van der Waals surface area contributed by atoms with Crippen LogP contribution < -0.4 is 11.1 Å². The second-order valence-electron chi connectivity index (χ2n) is 3.91. The van der Waals surface area contributed by atoms with Crippen molar-refractivity contribution in [1.82, 2.24) is 5.32 Å². The Hall–Kier alpha value is -1.07. The van der Waals surface area contributed by atoms with Crippen LogP contribution in [-0.4, -0.2) is 17.1 Å². The second-order valence-corrected chi connectivity index (χ2v) is 4.82. The van der Waals surface area contributed by atoms with Crippen molar-refractivity contribution in [2.75, 3.05) is 0 Å². The van der Waals surface area contributed by atoms with Crippen molar-refractivity contribution in [1.29, 1.82) is 0 Å². The van der Waals surface area contributed by atoms with E-state index >= 15 is 0 Å². The van der Waals surface area contributed by atoms with Crippen LogP contribution in [0.15, 0.2) is 33.9 Å². The standard InChI is InChI=1S/C12H18BrN3O/c1-2-11(7-12(14)16-17)15-8-9-3-5-10(13)6-4-9/h3-6,11,15,17H,2,7-8H2,1H3,(H2,14,16). The highest BCUT2D eigenvalue weighted by atomic mass is 79.9. The number of amidine groups is 1. The minimum Gasteiger partial charge on any atom is -0.409 e. The van der Waals surface area contributed by atoms with Gasteiger partial charge in [0.25, 0.3) is 0 Å². The summed E-state index contributed by atoms with van der Waals surface area (Å²) in [5, 5.41) is 14.9. The predicted octanol–water partition coefficient (Wildman–Crippen LogP) is 2.45. The Balaban J connectivity index is 2.44.